The van der Waals surface area contributed by atoms with E-state index in [4.69, 9.17) is 11.6 Å². The van der Waals surface area contributed by atoms with E-state index in [0.717, 1.165) is 20.4 Å². The number of nitrogens with zero attached hydrogens (tertiary/aromatic N) is 4. The summed E-state index contributed by atoms with van der Waals surface area (Å²) in [4.78, 5) is 17.9. The molecule has 0 bridgehead atoms. The van der Waals surface area contributed by atoms with E-state index in [1.807, 2.05) is 50.6 Å². The molecule has 0 aliphatic carbocycles. The quantitative estimate of drug-likeness (QED) is 0.0968. The van der Waals surface area contributed by atoms with Crippen molar-refractivity contribution in [2.75, 3.05) is 21.3 Å². The predicted molar refractivity (Wildman–Crippen MR) is 192 cm³/mol. The summed E-state index contributed by atoms with van der Waals surface area (Å²) in [5, 5.41) is 16.9. The molecule has 0 atom stereocenters. The van der Waals surface area contributed by atoms with Crippen LogP contribution in [0.15, 0.2) is 65.4 Å². The number of hydrogen-bond acceptors (Lipinski definition) is 11. The third-order valence-electron chi connectivity index (χ3n) is 6.58. The smallest absolute Gasteiger partial charge is 0.405 e. The maximum Gasteiger partial charge on any atom is 0.573 e. The van der Waals surface area contributed by atoms with Gasteiger partial charge in [-0.05, 0) is 68.8 Å². The van der Waals surface area contributed by atoms with Crippen LogP contribution in [0.25, 0.3) is 20.4 Å². The van der Waals surface area contributed by atoms with Crippen LogP contribution in [-0.4, -0.2) is 38.4 Å². The molecule has 6 aromatic rings. The van der Waals surface area contributed by atoms with Crippen molar-refractivity contribution in [2.45, 2.75) is 59.2 Å². The standard InChI is InChI=1S/C17H17F3N4OS.C16H16ClFN4S/c1-10(2)22-16-23-12-7-8-26-14(12)15(24-16)21-9-11-5-3-4-6-13(11)25-17(18,19)20;1-9(2)20-16-21-13-6-7-23-14(13)15(22-16)19-8-10-11(17)4-3-5-12(10)18/h3-8,10H,9H2,1-2H3,(H2,21,22,23,24);3-7,9H,8H2,1-2H3,(H2,19,20,21,22). The minimum atomic E-state index is -4.74. The SMILES string of the molecule is CC(C)Nc1nc(NCc2c(F)cccc2Cl)c2sccc2n1.CC(C)Nc1nc(NCc2ccccc2OC(F)(F)F)c2sccc2n1. The molecule has 4 aromatic heterocycles. The largest absolute Gasteiger partial charge is 0.573 e. The molecule has 258 valence electrons. The van der Waals surface area contributed by atoms with Gasteiger partial charge in [-0.2, -0.15) is 9.97 Å². The van der Waals surface area contributed by atoms with Crippen LogP contribution in [0, 0.1) is 5.82 Å². The zero-order valence-corrected chi connectivity index (χ0v) is 29.2. The number of halogens is 5. The van der Waals surface area contributed by atoms with E-state index in [-0.39, 0.29) is 36.7 Å². The first-order valence-corrected chi connectivity index (χ1v) is 17.3. The van der Waals surface area contributed by atoms with Gasteiger partial charge in [0.2, 0.25) is 11.9 Å². The maximum atomic E-state index is 13.9. The van der Waals surface area contributed by atoms with Crippen molar-refractivity contribution >= 4 is 78.2 Å². The van der Waals surface area contributed by atoms with E-state index < -0.39 is 6.36 Å². The predicted octanol–water partition coefficient (Wildman–Crippen LogP) is 9.94. The van der Waals surface area contributed by atoms with Crippen LogP contribution in [0.4, 0.5) is 41.1 Å². The monoisotopic (exact) mass is 732 g/mol. The van der Waals surface area contributed by atoms with Crippen LogP contribution in [0.5, 0.6) is 5.75 Å². The number of fused-ring (bicyclic) bond motifs is 2. The van der Waals surface area contributed by atoms with Gasteiger partial charge in [-0.25, -0.2) is 14.4 Å². The minimum Gasteiger partial charge on any atom is -0.405 e. The van der Waals surface area contributed by atoms with Gasteiger partial charge >= 0.3 is 6.36 Å². The van der Waals surface area contributed by atoms with Gasteiger partial charge in [0.25, 0.3) is 0 Å². The fourth-order valence-electron chi connectivity index (χ4n) is 4.54. The Bertz CT molecular complexity index is 2000. The molecule has 0 saturated carbocycles. The molecule has 0 aliphatic heterocycles. The molecule has 6 rings (SSSR count). The van der Waals surface area contributed by atoms with Crippen LogP contribution in [0.3, 0.4) is 0 Å². The molecule has 4 N–H and O–H groups in total. The molecule has 2 aromatic carbocycles. The Kier molecular flexibility index (Phi) is 11.6. The molecule has 0 unspecified atom stereocenters. The fourth-order valence-corrected chi connectivity index (χ4v) is 6.36. The summed E-state index contributed by atoms with van der Waals surface area (Å²) in [6.45, 7) is 8.38. The second-order valence-corrected chi connectivity index (χ2v) is 13.5. The molecule has 0 amide bonds. The van der Waals surface area contributed by atoms with Gasteiger partial charge in [-0.3, -0.25) is 0 Å². The van der Waals surface area contributed by atoms with E-state index in [9.17, 15) is 17.6 Å². The highest BCUT2D eigenvalue weighted by Gasteiger charge is 2.32. The number of benzene rings is 2. The summed E-state index contributed by atoms with van der Waals surface area (Å²) in [5.41, 5.74) is 2.44. The topological polar surface area (TPSA) is 109 Å². The first-order valence-electron chi connectivity index (χ1n) is 15.1. The zero-order valence-electron chi connectivity index (χ0n) is 26.8. The number of para-hydroxylation sites is 1. The number of aromatic nitrogens is 4. The van der Waals surface area contributed by atoms with Crippen molar-refractivity contribution in [3.05, 3.63) is 87.3 Å². The Labute approximate surface area is 293 Å². The molecule has 0 spiro atoms. The van der Waals surface area contributed by atoms with Crippen LogP contribution >= 0.6 is 34.3 Å². The van der Waals surface area contributed by atoms with Gasteiger partial charge in [0.15, 0.2) is 0 Å². The molecule has 0 saturated heterocycles. The second kappa shape index (κ2) is 15.8. The number of anilines is 4. The van der Waals surface area contributed by atoms with Gasteiger partial charge in [0.1, 0.15) is 23.2 Å². The van der Waals surface area contributed by atoms with Gasteiger partial charge < -0.3 is 26.0 Å². The van der Waals surface area contributed by atoms with Gasteiger partial charge in [-0.15, -0.1) is 35.8 Å². The van der Waals surface area contributed by atoms with Gasteiger partial charge in [0.05, 0.1) is 20.4 Å². The van der Waals surface area contributed by atoms with Gasteiger partial charge in [-0.1, -0.05) is 35.9 Å². The number of rotatable bonds is 11. The van der Waals surface area contributed by atoms with E-state index in [1.54, 1.807) is 35.6 Å². The number of thiophene rings is 2. The number of nitrogens with one attached hydrogen (secondary N) is 4. The van der Waals surface area contributed by atoms with Crippen molar-refractivity contribution in [3.8, 4) is 5.75 Å². The normalized spacial score (nSPS) is 11.5. The summed E-state index contributed by atoms with van der Waals surface area (Å²) in [6, 6.07) is 14.9. The Morgan fingerprint density at radius 2 is 1.29 bits per heavy atom. The lowest BCUT2D eigenvalue weighted by molar-refractivity contribution is -0.274. The number of alkyl halides is 3. The third-order valence-corrected chi connectivity index (χ3v) is 8.76. The summed E-state index contributed by atoms with van der Waals surface area (Å²) < 4.78 is 57.4. The minimum absolute atomic E-state index is 0.136. The van der Waals surface area contributed by atoms with Crippen LogP contribution < -0.4 is 26.0 Å². The van der Waals surface area contributed by atoms with Crippen molar-refractivity contribution in [1.29, 1.82) is 0 Å². The lowest BCUT2D eigenvalue weighted by Crippen LogP contribution is -2.18. The number of hydrogen-bond donors (Lipinski definition) is 4. The summed E-state index contributed by atoms with van der Waals surface area (Å²) in [7, 11) is 0. The number of ether oxygens (including phenoxy) is 1. The highest BCUT2D eigenvalue weighted by Crippen LogP contribution is 2.31. The van der Waals surface area contributed by atoms with E-state index in [0.29, 0.717) is 39.7 Å². The second-order valence-electron chi connectivity index (χ2n) is 11.2. The summed E-state index contributed by atoms with van der Waals surface area (Å²) >= 11 is 9.08. The van der Waals surface area contributed by atoms with E-state index in [2.05, 4.69) is 45.9 Å². The molecular formula is C33H33ClF4N8OS2. The average molecular weight is 733 g/mol. The maximum absolute atomic E-state index is 13.9. The van der Waals surface area contributed by atoms with Crippen molar-refractivity contribution in [2.24, 2.45) is 0 Å². The van der Waals surface area contributed by atoms with Gasteiger partial charge in [0, 0.05) is 41.3 Å². The fraction of sp³-hybridized carbons (Fsp3) is 0.273. The zero-order chi connectivity index (χ0) is 35.1. The molecule has 9 nitrogen and oxygen atoms in total. The highest BCUT2D eigenvalue weighted by molar-refractivity contribution is 7.18. The molecular weight excluding hydrogens is 700 g/mol. The lowest BCUT2D eigenvalue weighted by atomic mass is 10.2. The van der Waals surface area contributed by atoms with Crippen molar-refractivity contribution in [3.63, 3.8) is 0 Å². The van der Waals surface area contributed by atoms with Crippen molar-refractivity contribution < 1.29 is 22.3 Å². The first-order chi connectivity index (χ1) is 23.4. The van der Waals surface area contributed by atoms with Crippen LogP contribution in [-0.2, 0) is 13.1 Å². The average Bonchev–Trinajstić information content (AvgIpc) is 3.69. The van der Waals surface area contributed by atoms with Crippen LogP contribution in [0.2, 0.25) is 5.02 Å². The molecule has 0 aliphatic rings. The van der Waals surface area contributed by atoms with Crippen LogP contribution in [0.1, 0.15) is 38.8 Å². The summed E-state index contributed by atoms with van der Waals surface area (Å²) in [5.74, 6) is 1.69. The highest BCUT2D eigenvalue weighted by atomic mass is 35.5. The van der Waals surface area contributed by atoms with E-state index >= 15 is 0 Å². The third kappa shape index (κ3) is 9.80. The molecule has 4 heterocycles. The molecule has 0 radical (unpaired) electrons. The lowest BCUT2D eigenvalue weighted by Gasteiger charge is -2.15. The first kappa shape index (κ1) is 35.8. The Morgan fingerprint density at radius 1 is 0.735 bits per heavy atom. The summed E-state index contributed by atoms with van der Waals surface area (Å²) in [6.07, 6.45) is -4.74. The van der Waals surface area contributed by atoms with Crippen molar-refractivity contribution in [1.82, 2.24) is 19.9 Å². The molecule has 16 heteroatoms. The Hall–Kier alpha value is -4.47. The van der Waals surface area contributed by atoms with E-state index in [1.165, 1.54) is 29.5 Å². The molecule has 49 heavy (non-hydrogen) atoms. The Balaban J connectivity index is 0.000000192. The Morgan fingerprint density at radius 3 is 1.82 bits per heavy atom. The molecule has 0 fully saturated rings.